The molecule has 31 heavy (non-hydrogen) atoms. The first-order valence-corrected chi connectivity index (χ1v) is 10.7. The number of hydrogen-bond donors (Lipinski definition) is 0. The van der Waals surface area contributed by atoms with E-state index < -0.39 is 0 Å². The number of pyridine rings is 1. The maximum absolute atomic E-state index is 13.3. The maximum atomic E-state index is 13.3. The zero-order chi connectivity index (χ0) is 21.6. The summed E-state index contributed by atoms with van der Waals surface area (Å²) in [4.78, 5) is 10.0. The lowest BCUT2D eigenvalue weighted by Crippen LogP contribution is -2.17. The van der Waals surface area contributed by atoms with Crippen LogP contribution in [0.1, 0.15) is 5.69 Å². The molecular weight excluding hydrogens is 413 g/mol. The van der Waals surface area contributed by atoms with Gasteiger partial charge in [-0.2, -0.15) is 0 Å². The van der Waals surface area contributed by atoms with Gasteiger partial charge in [0.2, 0.25) is 0 Å². The van der Waals surface area contributed by atoms with Crippen molar-refractivity contribution < 1.29 is 13.9 Å². The average Bonchev–Trinajstić information content (AvgIpc) is 3.21. The van der Waals surface area contributed by atoms with Crippen LogP contribution in [0.15, 0.2) is 77.2 Å². The highest BCUT2D eigenvalue weighted by molar-refractivity contribution is 7.07. The van der Waals surface area contributed by atoms with Crippen LogP contribution < -0.4 is 14.3 Å². The third-order valence-corrected chi connectivity index (χ3v) is 5.71. The predicted octanol–water partition coefficient (Wildman–Crippen LogP) is 5.24. The number of methoxy groups -OCH3 is 2. The van der Waals surface area contributed by atoms with Crippen LogP contribution in [0.25, 0.3) is 11.3 Å². The molecule has 0 atom stereocenters. The highest BCUT2D eigenvalue weighted by Crippen LogP contribution is 2.34. The highest BCUT2D eigenvalue weighted by atomic mass is 32.1. The summed E-state index contributed by atoms with van der Waals surface area (Å²) in [6, 6.07) is 17.8. The SMILES string of the molecule is COc1ccc(OC)c(-c2csc(=Nc3ccc(F)cc3)n2CCc2ccccn2)c1. The Bertz CT molecular complexity index is 1220. The Kier molecular flexibility index (Phi) is 6.43. The second kappa shape index (κ2) is 9.57. The summed E-state index contributed by atoms with van der Waals surface area (Å²) in [6.07, 6.45) is 2.54. The molecule has 158 valence electrons. The van der Waals surface area contributed by atoms with Crippen molar-refractivity contribution in [1.29, 1.82) is 0 Å². The minimum Gasteiger partial charge on any atom is -0.497 e. The largest absolute Gasteiger partial charge is 0.497 e. The molecule has 0 aliphatic carbocycles. The third-order valence-electron chi connectivity index (χ3n) is 4.85. The van der Waals surface area contributed by atoms with E-state index in [4.69, 9.17) is 14.5 Å². The van der Waals surface area contributed by atoms with E-state index in [1.165, 1.54) is 23.5 Å². The van der Waals surface area contributed by atoms with Crippen molar-refractivity contribution in [2.24, 2.45) is 4.99 Å². The summed E-state index contributed by atoms with van der Waals surface area (Å²) >= 11 is 1.52. The third kappa shape index (κ3) is 4.83. The van der Waals surface area contributed by atoms with Crippen molar-refractivity contribution in [3.63, 3.8) is 0 Å². The molecule has 0 aliphatic heterocycles. The smallest absolute Gasteiger partial charge is 0.190 e. The Labute approximate surface area is 184 Å². The molecule has 4 aromatic rings. The molecule has 2 aromatic heterocycles. The molecule has 5 nitrogen and oxygen atoms in total. The van der Waals surface area contributed by atoms with Crippen LogP contribution in [-0.2, 0) is 13.0 Å². The van der Waals surface area contributed by atoms with Gasteiger partial charge in [-0.15, -0.1) is 11.3 Å². The predicted molar refractivity (Wildman–Crippen MR) is 120 cm³/mol. The van der Waals surface area contributed by atoms with E-state index in [0.717, 1.165) is 39.7 Å². The van der Waals surface area contributed by atoms with E-state index in [0.29, 0.717) is 12.2 Å². The van der Waals surface area contributed by atoms with Crippen LogP contribution in [0.4, 0.5) is 10.1 Å². The fourth-order valence-corrected chi connectivity index (χ4v) is 4.21. The summed E-state index contributed by atoms with van der Waals surface area (Å²) in [5.74, 6) is 1.21. The summed E-state index contributed by atoms with van der Waals surface area (Å²) in [7, 11) is 3.29. The van der Waals surface area contributed by atoms with E-state index in [2.05, 4.69) is 14.9 Å². The van der Waals surface area contributed by atoms with Crippen molar-refractivity contribution in [3.8, 4) is 22.8 Å². The average molecular weight is 436 g/mol. The molecule has 2 aromatic carbocycles. The first kappa shape index (κ1) is 20.8. The molecule has 0 bridgehead atoms. The quantitative estimate of drug-likeness (QED) is 0.399. The minimum absolute atomic E-state index is 0.282. The maximum Gasteiger partial charge on any atom is 0.190 e. The van der Waals surface area contributed by atoms with Gasteiger partial charge >= 0.3 is 0 Å². The van der Waals surface area contributed by atoms with Gasteiger partial charge in [-0.25, -0.2) is 9.38 Å². The molecule has 0 amide bonds. The minimum atomic E-state index is -0.282. The number of thiazole rings is 1. The molecule has 0 N–H and O–H groups in total. The Balaban J connectivity index is 1.82. The van der Waals surface area contributed by atoms with Gasteiger partial charge in [-0.3, -0.25) is 4.98 Å². The van der Waals surface area contributed by atoms with Crippen LogP contribution in [0.5, 0.6) is 11.5 Å². The van der Waals surface area contributed by atoms with E-state index in [1.807, 2.05) is 36.4 Å². The lowest BCUT2D eigenvalue weighted by molar-refractivity contribution is 0.404. The molecule has 0 radical (unpaired) electrons. The van der Waals surface area contributed by atoms with Crippen LogP contribution in [-0.4, -0.2) is 23.8 Å². The first-order chi connectivity index (χ1) is 15.2. The number of ether oxygens (including phenoxy) is 2. The summed E-state index contributed by atoms with van der Waals surface area (Å²) < 4.78 is 26.5. The molecule has 7 heteroatoms. The molecule has 0 unspecified atom stereocenters. The van der Waals surface area contributed by atoms with Gasteiger partial charge in [0, 0.05) is 35.8 Å². The van der Waals surface area contributed by atoms with Crippen LogP contribution in [0.3, 0.4) is 0 Å². The van der Waals surface area contributed by atoms with E-state index in [9.17, 15) is 4.39 Å². The number of aromatic nitrogens is 2. The summed E-state index contributed by atoms with van der Waals surface area (Å²) in [6.45, 7) is 0.677. The number of hydrogen-bond acceptors (Lipinski definition) is 5. The van der Waals surface area contributed by atoms with Crippen LogP contribution in [0, 0.1) is 5.82 Å². The standard InChI is InChI=1S/C24H22FN3O2S/c1-29-20-10-11-23(30-2)21(15-20)22-16-31-24(27-19-8-6-17(25)7-9-19)28(22)14-12-18-5-3-4-13-26-18/h3-11,13,15-16H,12,14H2,1-2H3. The van der Waals surface area contributed by atoms with E-state index in [1.54, 1.807) is 32.5 Å². The first-order valence-electron chi connectivity index (χ1n) is 9.79. The highest BCUT2D eigenvalue weighted by Gasteiger charge is 2.14. The van der Waals surface area contributed by atoms with Gasteiger partial charge < -0.3 is 14.0 Å². The normalized spacial score (nSPS) is 11.5. The van der Waals surface area contributed by atoms with Crippen molar-refractivity contribution >= 4 is 17.0 Å². The summed E-state index contributed by atoms with van der Waals surface area (Å²) in [5, 5.41) is 2.05. The Morgan fingerprint density at radius 2 is 1.87 bits per heavy atom. The lowest BCUT2D eigenvalue weighted by Gasteiger charge is -2.13. The Hall–Kier alpha value is -3.45. The Morgan fingerprint density at radius 1 is 1.03 bits per heavy atom. The zero-order valence-corrected chi connectivity index (χ0v) is 18.1. The molecule has 0 fully saturated rings. The zero-order valence-electron chi connectivity index (χ0n) is 17.3. The second-order valence-corrected chi connectivity index (χ2v) is 7.62. The fraction of sp³-hybridized carbons (Fsp3) is 0.167. The van der Waals surface area contributed by atoms with Gasteiger partial charge in [0.25, 0.3) is 0 Å². The molecule has 2 heterocycles. The van der Waals surface area contributed by atoms with Gasteiger partial charge in [-0.1, -0.05) is 6.07 Å². The molecule has 0 aliphatic rings. The van der Waals surface area contributed by atoms with Crippen LogP contribution >= 0.6 is 11.3 Å². The number of rotatable bonds is 7. The Morgan fingerprint density at radius 3 is 2.58 bits per heavy atom. The number of aryl methyl sites for hydroxylation is 1. The van der Waals surface area contributed by atoms with Gasteiger partial charge in [0.15, 0.2) is 4.80 Å². The van der Waals surface area contributed by atoms with Gasteiger partial charge in [-0.05, 0) is 54.6 Å². The van der Waals surface area contributed by atoms with Crippen LogP contribution in [0.2, 0.25) is 0 Å². The number of halogens is 1. The second-order valence-electron chi connectivity index (χ2n) is 6.78. The monoisotopic (exact) mass is 435 g/mol. The molecular formula is C24H22FN3O2S. The van der Waals surface area contributed by atoms with Crippen molar-refractivity contribution in [2.75, 3.05) is 14.2 Å². The molecule has 4 rings (SSSR count). The van der Waals surface area contributed by atoms with E-state index in [-0.39, 0.29) is 5.82 Å². The van der Waals surface area contributed by atoms with Crippen molar-refractivity contribution in [2.45, 2.75) is 13.0 Å². The van der Waals surface area contributed by atoms with E-state index >= 15 is 0 Å². The van der Waals surface area contributed by atoms with Gasteiger partial charge in [0.05, 0.1) is 25.6 Å². The fourth-order valence-electron chi connectivity index (χ4n) is 3.26. The van der Waals surface area contributed by atoms with Crippen molar-refractivity contribution in [1.82, 2.24) is 9.55 Å². The van der Waals surface area contributed by atoms with Gasteiger partial charge in [0.1, 0.15) is 17.3 Å². The summed E-state index contributed by atoms with van der Waals surface area (Å²) in [5.41, 5.74) is 3.58. The topological polar surface area (TPSA) is 48.6 Å². The number of nitrogens with zero attached hydrogens (tertiary/aromatic N) is 3. The lowest BCUT2D eigenvalue weighted by atomic mass is 10.1. The molecule has 0 spiro atoms. The molecule has 0 saturated carbocycles. The van der Waals surface area contributed by atoms with Crippen molar-refractivity contribution in [3.05, 3.63) is 88.6 Å². The molecule has 0 saturated heterocycles. The number of benzene rings is 2.